The molecule has 0 unspecified atom stereocenters. The molecule has 6 heteroatoms. The van der Waals surface area contributed by atoms with E-state index in [0.717, 1.165) is 5.56 Å². The van der Waals surface area contributed by atoms with Crippen molar-refractivity contribution in [2.75, 3.05) is 5.73 Å². The first-order valence-electron chi connectivity index (χ1n) is 6.19. The van der Waals surface area contributed by atoms with E-state index in [1.807, 2.05) is 13.0 Å². The van der Waals surface area contributed by atoms with E-state index < -0.39 is 5.82 Å². The molecule has 0 bridgehead atoms. The van der Waals surface area contributed by atoms with Crippen LogP contribution in [0.15, 0.2) is 41.2 Å². The molecule has 3 aromatic rings. The fraction of sp³-hybridized carbons (Fsp3) is 0.0667. The number of hydrogen-bond donors (Lipinski definition) is 1. The van der Waals surface area contributed by atoms with Gasteiger partial charge in [-0.1, -0.05) is 28.9 Å². The molecule has 0 saturated carbocycles. The van der Waals surface area contributed by atoms with Gasteiger partial charge in [-0.3, -0.25) is 4.98 Å². The molecular weight excluding hydrogens is 293 g/mol. The number of anilines is 1. The third-order valence-electron chi connectivity index (χ3n) is 3.09. The zero-order chi connectivity index (χ0) is 15.0. The Morgan fingerprint density at radius 1 is 1.29 bits per heavy atom. The van der Waals surface area contributed by atoms with Gasteiger partial charge in [0.05, 0.1) is 10.6 Å². The molecule has 0 atom stereocenters. The molecule has 4 nitrogen and oxygen atoms in total. The van der Waals surface area contributed by atoms with Gasteiger partial charge >= 0.3 is 0 Å². The van der Waals surface area contributed by atoms with Gasteiger partial charge in [-0.15, -0.1) is 0 Å². The summed E-state index contributed by atoms with van der Waals surface area (Å²) >= 11 is 5.83. The molecule has 0 amide bonds. The van der Waals surface area contributed by atoms with Crippen molar-refractivity contribution in [3.63, 3.8) is 0 Å². The first kappa shape index (κ1) is 13.6. The lowest BCUT2D eigenvalue weighted by molar-refractivity contribution is 0.439. The maximum Gasteiger partial charge on any atom is 0.230 e. The Morgan fingerprint density at radius 3 is 2.86 bits per heavy atom. The minimum Gasteiger partial charge on any atom is -0.367 e. The van der Waals surface area contributed by atoms with E-state index in [9.17, 15) is 4.39 Å². The fourth-order valence-electron chi connectivity index (χ4n) is 2.14. The van der Waals surface area contributed by atoms with E-state index in [2.05, 4.69) is 10.1 Å². The van der Waals surface area contributed by atoms with Crippen molar-refractivity contribution in [2.45, 2.75) is 6.92 Å². The zero-order valence-corrected chi connectivity index (χ0v) is 11.9. The highest BCUT2D eigenvalue weighted by atomic mass is 35.5. The predicted octanol–water partition coefficient (Wildman–Crippen LogP) is 4.09. The average molecular weight is 304 g/mol. The topological polar surface area (TPSA) is 64.9 Å². The van der Waals surface area contributed by atoms with Crippen LogP contribution >= 0.6 is 11.6 Å². The van der Waals surface area contributed by atoms with Gasteiger partial charge in [-0.25, -0.2) is 4.39 Å². The van der Waals surface area contributed by atoms with Gasteiger partial charge in [-0.2, -0.15) is 0 Å². The molecule has 0 radical (unpaired) electrons. The standard InChI is InChI=1S/C15H11ClFN3O/c1-8-5-9(7-19-6-8)14-12(15(18)21-20-14)10-3-2-4-11(16)13(10)17/h2-7H,18H2,1H3. The molecule has 0 aliphatic rings. The Hall–Kier alpha value is -2.40. The van der Waals surface area contributed by atoms with Crippen LogP contribution in [0.2, 0.25) is 5.02 Å². The van der Waals surface area contributed by atoms with E-state index in [1.165, 1.54) is 6.07 Å². The predicted molar refractivity (Wildman–Crippen MR) is 79.3 cm³/mol. The van der Waals surface area contributed by atoms with E-state index in [0.29, 0.717) is 16.8 Å². The third kappa shape index (κ3) is 2.36. The number of nitrogen functional groups attached to an aromatic ring is 1. The number of aromatic nitrogens is 2. The summed E-state index contributed by atoms with van der Waals surface area (Å²) in [6.45, 7) is 1.90. The molecule has 0 fully saturated rings. The van der Waals surface area contributed by atoms with Crippen molar-refractivity contribution in [3.8, 4) is 22.4 Å². The van der Waals surface area contributed by atoms with Gasteiger partial charge in [0.2, 0.25) is 5.88 Å². The maximum atomic E-state index is 14.2. The van der Waals surface area contributed by atoms with E-state index in [4.69, 9.17) is 21.9 Å². The van der Waals surface area contributed by atoms with E-state index >= 15 is 0 Å². The molecule has 0 spiro atoms. The van der Waals surface area contributed by atoms with E-state index in [-0.39, 0.29) is 16.5 Å². The molecule has 1 aromatic carbocycles. The summed E-state index contributed by atoms with van der Waals surface area (Å²) < 4.78 is 19.3. The van der Waals surface area contributed by atoms with E-state index in [1.54, 1.807) is 24.5 Å². The number of pyridine rings is 1. The number of halogens is 2. The Bertz CT molecular complexity index is 816. The van der Waals surface area contributed by atoms with Gasteiger partial charge in [0.15, 0.2) is 0 Å². The molecule has 0 saturated heterocycles. The normalized spacial score (nSPS) is 10.8. The Labute approximate surface area is 125 Å². The average Bonchev–Trinajstić information content (AvgIpc) is 2.84. The monoisotopic (exact) mass is 303 g/mol. The Kier molecular flexibility index (Phi) is 3.35. The van der Waals surface area contributed by atoms with Crippen LogP contribution in [0.5, 0.6) is 0 Å². The van der Waals surface area contributed by atoms with Gasteiger partial charge in [-0.05, 0) is 24.6 Å². The van der Waals surface area contributed by atoms with Crippen molar-refractivity contribution >= 4 is 17.5 Å². The van der Waals surface area contributed by atoms with Crippen LogP contribution in [-0.4, -0.2) is 10.1 Å². The van der Waals surface area contributed by atoms with Crippen LogP contribution in [0.4, 0.5) is 10.3 Å². The maximum absolute atomic E-state index is 14.2. The second-order valence-electron chi connectivity index (χ2n) is 4.62. The summed E-state index contributed by atoms with van der Waals surface area (Å²) in [5.74, 6) is -0.524. The molecule has 0 aliphatic carbocycles. The highest BCUT2D eigenvalue weighted by Gasteiger charge is 2.21. The number of nitrogens with zero attached hydrogens (tertiary/aromatic N) is 2. The fourth-order valence-corrected chi connectivity index (χ4v) is 2.32. The van der Waals surface area contributed by atoms with Gasteiger partial charge in [0.25, 0.3) is 0 Å². The van der Waals surface area contributed by atoms with Crippen molar-refractivity contribution in [1.29, 1.82) is 0 Å². The van der Waals surface area contributed by atoms with Gasteiger partial charge in [0, 0.05) is 23.5 Å². The highest BCUT2D eigenvalue weighted by molar-refractivity contribution is 6.31. The number of nitrogens with two attached hydrogens (primary N) is 1. The number of hydrogen-bond acceptors (Lipinski definition) is 4. The molecule has 0 aliphatic heterocycles. The number of benzene rings is 1. The van der Waals surface area contributed by atoms with Crippen molar-refractivity contribution < 1.29 is 8.91 Å². The molecule has 3 rings (SSSR count). The smallest absolute Gasteiger partial charge is 0.230 e. The lowest BCUT2D eigenvalue weighted by Crippen LogP contribution is -1.92. The molecular formula is C15H11ClFN3O. The molecule has 2 N–H and O–H groups in total. The van der Waals surface area contributed by atoms with Crippen LogP contribution < -0.4 is 5.73 Å². The largest absolute Gasteiger partial charge is 0.367 e. The summed E-state index contributed by atoms with van der Waals surface area (Å²) in [4.78, 5) is 4.10. The van der Waals surface area contributed by atoms with Crippen LogP contribution in [0.1, 0.15) is 5.56 Å². The van der Waals surface area contributed by atoms with Crippen LogP contribution in [0.3, 0.4) is 0 Å². The zero-order valence-electron chi connectivity index (χ0n) is 11.1. The summed E-state index contributed by atoms with van der Waals surface area (Å²) in [7, 11) is 0. The van der Waals surface area contributed by atoms with Crippen molar-refractivity contribution in [2.24, 2.45) is 0 Å². The third-order valence-corrected chi connectivity index (χ3v) is 3.38. The molecule has 2 aromatic heterocycles. The second kappa shape index (κ2) is 5.18. The summed E-state index contributed by atoms with van der Waals surface area (Å²) in [6, 6.07) is 6.57. The second-order valence-corrected chi connectivity index (χ2v) is 5.03. The molecule has 2 heterocycles. The number of aryl methyl sites for hydroxylation is 1. The highest BCUT2D eigenvalue weighted by Crippen LogP contribution is 2.38. The summed E-state index contributed by atoms with van der Waals surface area (Å²) in [6.07, 6.45) is 3.34. The van der Waals surface area contributed by atoms with Crippen LogP contribution in [0.25, 0.3) is 22.4 Å². The van der Waals surface area contributed by atoms with Crippen LogP contribution in [0, 0.1) is 12.7 Å². The Balaban J connectivity index is 2.25. The van der Waals surface area contributed by atoms with Crippen LogP contribution in [-0.2, 0) is 0 Å². The number of rotatable bonds is 2. The van der Waals surface area contributed by atoms with Gasteiger partial charge < -0.3 is 10.3 Å². The summed E-state index contributed by atoms with van der Waals surface area (Å²) in [5, 5.41) is 3.94. The minimum atomic E-state index is -0.559. The molecule has 21 heavy (non-hydrogen) atoms. The lowest BCUT2D eigenvalue weighted by atomic mass is 10.0. The minimum absolute atomic E-state index is 0.0152. The van der Waals surface area contributed by atoms with Crippen molar-refractivity contribution in [3.05, 3.63) is 53.1 Å². The first-order chi connectivity index (χ1) is 10.1. The molecule has 106 valence electrons. The first-order valence-corrected chi connectivity index (χ1v) is 6.57. The SMILES string of the molecule is Cc1cncc(-c2noc(N)c2-c2cccc(Cl)c2F)c1. The summed E-state index contributed by atoms with van der Waals surface area (Å²) in [5.41, 5.74) is 8.52. The quantitative estimate of drug-likeness (QED) is 0.774. The van der Waals surface area contributed by atoms with Crippen molar-refractivity contribution in [1.82, 2.24) is 10.1 Å². The van der Waals surface area contributed by atoms with Gasteiger partial charge in [0.1, 0.15) is 11.5 Å². The Morgan fingerprint density at radius 2 is 2.10 bits per heavy atom. The lowest BCUT2D eigenvalue weighted by Gasteiger charge is -2.05.